The van der Waals surface area contributed by atoms with Crippen LogP contribution in [-0.4, -0.2) is 79.1 Å². The molecule has 3 aliphatic heterocycles. The van der Waals surface area contributed by atoms with Gasteiger partial charge in [0.1, 0.15) is 17.3 Å². The number of fused-ring (bicyclic) bond motifs is 1. The molecule has 200 valence electrons. The van der Waals surface area contributed by atoms with Gasteiger partial charge in [0.2, 0.25) is 0 Å². The number of carboxylic acids is 1. The van der Waals surface area contributed by atoms with Crippen LogP contribution in [0.5, 0.6) is 0 Å². The Morgan fingerprint density at radius 3 is 2.86 bits per heavy atom. The van der Waals surface area contributed by atoms with Crippen molar-refractivity contribution >= 4 is 17.5 Å². The highest BCUT2D eigenvalue weighted by Gasteiger charge is 2.39. The van der Waals surface area contributed by atoms with E-state index in [4.69, 9.17) is 9.72 Å². The van der Waals surface area contributed by atoms with E-state index in [0.717, 1.165) is 36.6 Å². The second kappa shape index (κ2) is 11.3. The lowest BCUT2D eigenvalue weighted by Gasteiger charge is -2.30. The molecule has 0 bridgehead atoms. The number of hydrogen-bond donors (Lipinski definition) is 2. The zero-order valence-corrected chi connectivity index (χ0v) is 21.2. The van der Waals surface area contributed by atoms with Crippen LogP contribution in [0.3, 0.4) is 0 Å². The summed E-state index contributed by atoms with van der Waals surface area (Å²) in [5.74, 6) is -1.04. The number of benzene rings is 1. The minimum atomic E-state index is -1.37. The standard InChI is InChI=1S/C28H36F2N4O3/c29-25-6-5-23(34-12-14-37-15-13-34)17-24(25)21(16-26(35)36)18-33-11-9-28(30,19-33)8-7-22-4-3-20-2-1-10-31-27(20)32-22/h3-6,17,21H,1-2,7-16,18-19H2,(H,31,32)(H,35,36)/t21-,28?/m1/s1. The van der Waals surface area contributed by atoms with Crippen molar-refractivity contribution in [1.82, 2.24) is 9.88 Å². The minimum Gasteiger partial charge on any atom is -0.481 e. The summed E-state index contributed by atoms with van der Waals surface area (Å²) in [5, 5.41) is 12.9. The topological polar surface area (TPSA) is 77.9 Å². The van der Waals surface area contributed by atoms with Crippen LogP contribution in [-0.2, 0) is 22.4 Å². The summed E-state index contributed by atoms with van der Waals surface area (Å²) < 4.78 is 36.2. The number of carbonyl (C=O) groups is 1. The summed E-state index contributed by atoms with van der Waals surface area (Å²) in [4.78, 5) is 20.5. The van der Waals surface area contributed by atoms with Crippen molar-refractivity contribution in [2.45, 2.75) is 50.1 Å². The lowest BCUT2D eigenvalue weighted by Crippen LogP contribution is -2.36. The first-order valence-corrected chi connectivity index (χ1v) is 13.4. The van der Waals surface area contributed by atoms with Crippen molar-refractivity contribution < 1.29 is 23.4 Å². The molecule has 2 N–H and O–H groups in total. The Morgan fingerprint density at radius 2 is 2.05 bits per heavy atom. The van der Waals surface area contributed by atoms with Crippen LogP contribution in [0, 0.1) is 5.82 Å². The van der Waals surface area contributed by atoms with E-state index >= 15 is 4.39 Å². The van der Waals surface area contributed by atoms with Crippen molar-refractivity contribution in [3.8, 4) is 0 Å². The zero-order chi connectivity index (χ0) is 25.8. The summed E-state index contributed by atoms with van der Waals surface area (Å²) in [6, 6.07) is 9.00. The molecule has 4 heterocycles. The van der Waals surface area contributed by atoms with E-state index in [2.05, 4.69) is 16.3 Å². The predicted molar refractivity (Wildman–Crippen MR) is 139 cm³/mol. The van der Waals surface area contributed by atoms with E-state index in [9.17, 15) is 14.3 Å². The molecule has 3 aliphatic rings. The van der Waals surface area contributed by atoms with Gasteiger partial charge in [0, 0.05) is 56.6 Å². The minimum absolute atomic E-state index is 0.203. The Bertz CT molecular complexity index is 1110. The van der Waals surface area contributed by atoms with Crippen LogP contribution < -0.4 is 10.2 Å². The number of morpholine rings is 1. The summed E-state index contributed by atoms with van der Waals surface area (Å²) >= 11 is 0. The maximum atomic E-state index is 15.8. The highest BCUT2D eigenvalue weighted by molar-refractivity contribution is 5.68. The maximum Gasteiger partial charge on any atom is 0.304 e. The number of rotatable bonds is 9. The summed E-state index contributed by atoms with van der Waals surface area (Å²) in [5.41, 5.74) is 1.98. The van der Waals surface area contributed by atoms with Crippen LogP contribution in [0.2, 0.25) is 0 Å². The fourth-order valence-electron chi connectivity index (χ4n) is 5.79. The van der Waals surface area contributed by atoms with Gasteiger partial charge in [-0.15, -0.1) is 0 Å². The van der Waals surface area contributed by atoms with Gasteiger partial charge >= 0.3 is 5.97 Å². The van der Waals surface area contributed by atoms with Crippen LogP contribution in [0.25, 0.3) is 0 Å². The molecule has 2 atom stereocenters. The van der Waals surface area contributed by atoms with Crippen LogP contribution in [0.15, 0.2) is 30.3 Å². The lowest BCUT2D eigenvalue weighted by molar-refractivity contribution is -0.137. The van der Waals surface area contributed by atoms with Gasteiger partial charge in [-0.3, -0.25) is 9.69 Å². The molecule has 2 fully saturated rings. The fourth-order valence-corrected chi connectivity index (χ4v) is 5.79. The molecule has 1 unspecified atom stereocenters. The fraction of sp³-hybridized carbons (Fsp3) is 0.571. The van der Waals surface area contributed by atoms with E-state index in [1.165, 1.54) is 11.6 Å². The molecule has 37 heavy (non-hydrogen) atoms. The molecule has 1 aromatic carbocycles. The number of hydrogen-bond acceptors (Lipinski definition) is 6. The molecular formula is C28H36F2N4O3. The number of aromatic nitrogens is 1. The third-order valence-corrected chi connectivity index (χ3v) is 7.86. The highest BCUT2D eigenvalue weighted by Crippen LogP contribution is 2.34. The molecule has 5 rings (SSSR count). The number of aliphatic carboxylic acids is 1. The van der Waals surface area contributed by atoms with Crippen molar-refractivity contribution in [3.63, 3.8) is 0 Å². The Morgan fingerprint density at radius 1 is 1.22 bits per heavy atom. The van der Waals surface area contributed by atoms with E-state index in [1.807, 2.05) is 11.0 Å². The Labute approximate surface area is 216 Å². The summed E-state index contributed by atoms with van der Waals surface area (Å²) in [6.07, 6.45) is 3.21. The van der Waals surface area contributed by atoms with Crippen LogP contribution in [0.1, 0.15) is 48.4 Å². The van der Waals surface area contributed by atoms with Crippen molar-refractivity contribution in [2.24, 2.45) is 0 Å². The first-order chi connectivity index (χ1) is 17.9. The smallest absolute Gasteiger partial charge is 0.304 e. The monoisotopic (exact) mass is 514 g/mol. The molecule has 0 saturated carbocycles. The third-order valence-electron chi connectivity index (χ3n) is 7.86. The molecule has 2 aromatic rings. The van der Waals surface area contributed by atoms with E-state index < -0.39 is 23.4 Å². The quantitative estimate of drug-likeness (QED) is 0.523. The van der Waals surface area contributed by atoms with Gasteiger partial charge in [0.25, 0.3) is 0 Å². The molecule has 1 aromatic heterocycles. The molecular weight excluding hydrogens is 478 g/mol. The van der Waals surface area contributed by atoms with Crippen molar-refractivity contribution in [1.29, 1.82) is 0 Å². The van der Waals surface area contributed by atoms with Crippen LogP contribution >= 0.6 is 0 Å². The number of carboxylic acid groups (broad SMARTS) is 1. The van der Waals surface area contributed by atoms with Crippen LogP contribution in [0.4, 0.5) is 20.3 Å². The highest BCUT2D eigenvalue weighted by atomic mass is 19.1. The normalized spacial score (nSPS) is 22.9. The van der Waals surface area contributed by atoms with Gasteiger partial charge < -0.3 is 20.1 Å². The molecule has 7 nitrogen and oxygen atoms in total. The maximum absolute atomic E-state index is 15.8. The molecule has 0 aliphatic carbocycles. The van der Waals surface area contributed by atoms with E-state index in [1.54, 1.807) is 12.1 Å². The Hall–Kier alpha value is -2.78. The molecule has 0 amide bonds. The number of ether oxygens (including phenoxy) is 1. The first-order valence-electron chi connectivity index (χ1n) is 13.4. The Balaban J connectivity index is 1.24. The van der Waals surface area contributed by atoms with Gasteiger partial charge in [-0.05, 0) is 67.5 Å². The van der Waals surface area contributed by atoms with Gasteiger partial charge in [-0.25, -0.2) is 13.8 Å². The number of alkyl halides is 1. The predicted octanol–water partition coefficient (Wildman–Crippen LogP) is 4.02. The number of nitrogens with one attached hydrogen (secondary N) is 1. The summed E-state index contributed by atoms with van der Waals surface area (Å²) in [7, 11) is 0. The number of nitrogens with zero attached hydrogens (tertiary/aromatic N) is 3. The molecule has 2 saturated heterocycles. The number of anilines is 2. The van der Waals surface area contributed by atoms with E-state index in [0.29, 0.717) is 64.2 Å². The van der Waals surface area contributed by atoms with Gasteiger partial charge in [-0.1, -0.05) is 6.07 Å². The van der Waals surface area contributed by atoms with Gasteiger partial charge in [0.15, 0.2) is 0 Å². The van der Waals surface area contributed by atoms with Crippen molar-refractivity contribution in [3.05, 3.63) is 53.0 Å². The van der Waals surface area contributed by atoms with E-state index in [-0.39, 0.29) is 13.0 Å². The molecule has 0 spiro atoms. The van der Waals surface area contributed by atoms with Gasteiger partial charge in [0.05, 0.1) is 19.6 Å². The first kappa shape index (κ1) is 25.9. The third kappa shape index (κ3) is 6.38. The number of halogens is 2. The Kier molecular flexibility index (Phi) is 7.90. The largest absolute Gasteiger partial charge is 0.481 e. The summed E-state index contributed by atoms with van der Waals surface area (Å²) in [6.45, 7) is 4.60. The SMILES string of the molecule is O=C(O)C[C@H](CN1CCC(F)(CCc2ccc3c(n2)NCCC3)C1)c1cc(N2CCOCC2)ccc1F. The number of aryl methyl sites for hydroxylation is 2. The van der Waals surface area contributed by atoms with Crippen molar-refractivity contribution in [2.75, 3.05) is 62.7 Å². The number of pyridine rings is 1. The average molecular weight is 515 g/mol. The second-order valence-corrected chi connectivity index (χ2v) is 10.6. The molecule has 9 heteroatoms. The lowest BCUT2D eigenvalue weighted by atomic mass is 9.93. The average Bonchev–Trinajstić information content (AvgIpc) is 3.28. The molecule has 0 radical (unpaired) electrons. The number of likely N-dealkylation sites (tertiary alicyclic amines) is 1. The second-order valence-electron chi connectivity index (χ2n) is 10.6. The zero-order valence-electron chi connectivity index (χ0n) is 21.2. The van der Waals surface area contributed by atoms with Gasteiger partial charge in [-0.2, -0.15) is 0 Å².